The first kappa shape index (κ1) is 12.2. The molecule has 1 aromatic heterocycles. The molecule has 0 unspecified atom stereocenters. The molecule has 0 aromatic carbocycles. The molecule has 2 rings (SSSR count). The van der Waals surface area contributed by atoms with Crippen molar-refractivity contribution in [1.29, 1.82) is 0 Å². The lowest BCUT2D eigenvalue weighted by molar-refractivity contribution is -0.122. The number of likely N-dealkylation sites (tertiary alicyclic amines) is 1. The molecule has 17 heavy (non-hydrogen) atoms. The topological polar surface area (TPSA) is 33.2 Å². The summed E-state index contributed by atoms with van der Waals surface area (Å²) in [4.78, 5) is 17.8. The number of carbonyl (C=O) groups excluding carboxylic acids is 1. The van der Waals surface area contributed by atoms with Crippen LogP contribution in [0.15, 0.2) is 24.5 Å². The summed E-state index contributed by atoms with van der Waals surface area (Å²) < 4.78 is 0. The second-order valence-corrected chi connectivity index (χ2v) is 4.84. The van der Waals surface area contributed by atoms with E-state index in [0.29, 0.717) is 11.7 Å². The zero-order chi connectivity index (χ0) is 12.1. The standard InChI is InChI=1S/C14H20N2O/c1-12(17)14-5-9-16(10-6-14)8-4-13-3-2-7-15-11-13/h2-3,7,11,14H,4-6,8-10H2,1H3. The number of aromatic nitrogens is 1. The maximum Gasteiger partial charge on any atom is 0.133 e. The molecule has 0 radical (unpaired) electrons. The van der Waals surface area contributed by atoms with Gasteiger partial charge in [0.15, 0.2) is 0 Å². The monoisotopic (exact) mass is 232 g/mol. The van der Waals surface area contributed by atoms with Crippen molar-refractivity contribution in [3.8, 4) is 0 Å². The van der Waals surface area contributed by atoms with Crippen LogP contribution in [0.5, 0.6) is 0 Å². The molecule has 0 N–H and O–H groups in total. The van der Waals surface area contributed by atoms with Gasteiger partial charge in [0.25, 0.3) is 0 Å². The summed E-state index contributed by atoms with van der Waals surface area (Å²) in [5.41, 5.74) is 1.29. The van der Waals surface area contributed by atoms with Crippen molar-refractivity contribution in [3.05, 3.63) is 30.1 Å². The van der Waals surface area contributed by atoms with Gasteiger partial charge in [-0.3, -0.25) is 9.78 Å². The van der Waals surface area contributed by atoms with Crippen molar-refractivity contribution >= 4 is 5.78 Å². The van der Waals surface area contributed by atoms with E-state index in [1.165, 1.54) is 5.56 Å². The van der Waals surface area contributed by atoms with Crippen LogP contribution in [0.4, 0.5) is 0 Å². The van der Waals surface area contributed by atoms with Gasteiger partial charge in [0.05, 0.1) is 0 Å². The number of rotatable bonds is 4. The van der Waals surface area contributed by atoms with Gasteiger partial charge in [-0.1, -0.05) is 6.07 Å². The average molecular weight is 232 g/mol. The van der Waals surface area contributed by atoms with E-state index in [9.17, 15) is 4.79 Å². The van der Waals surface area contributed by atoms with E-state index in [1.54, 1.807) is 6.92 Å². The first-order chi connectivity index (χ1) is 8.25. The molecular weight excluding hydrogens is 212 g/mol. The van der Waals surface area contributed by atoms with Crippen molar-refractivity contribution in [2.45, 2.75) is 26.2 Å². The van der Waals surface area contributed by atoms with Gasteiger partial charge in [0.1, 0.15) is 5.78 Å². The minimum atomic E-state index is 0.310. The number of carbonyl (C=O) groups is 1. The van der Waals surface area contributed by atoms with E-state index in [4.69, 9.17) is 0 Å². The Morgan fingerprint density at radius 3 is 2.82 bits per heavy atom. The Morgan fingerprint density at radius 1 is 1.47 bits per heavy atom. The molecular formula is C14H20N2O. The Kier molecular flexibility index (Phi) is 4.26. The van der Waals surface area contributed by atoms with Crippen LogP contribution in [-0.2, 0) is 11.2 Å². The summed E-state index contributed by atoms with van der Waals surface area (Å²) in [6, 6.07) is 4.10. The van der Waals surface area contributed by atoms with Gasteiger partial charge < -0.3 is 4.90 Å². The van der Waals surface area contributed by atoms with Gasteiger partial charge in [-0.05, 0) is 50.9 Å². The fourth-order valence-electron chi connectivity index (χ4n) is 2.40. The number of hydrogen-bond acceptors (Lipinski definition) is 3. The van der Waals surface area contributed by atoms with Gasteiger partial charge >= 0.3 is 0 Å². The fraction of sp³-hybridized carbons (Fsp3) is 0.571. The number of hydrogen-bond donors (Lipinski definition) is 0. The third-order valence-electron chi connectivity index (χ3n) is 3.60. The van der Waals surface area contributed by atoms with Crippen LogP contribution >= 0.6 is 0 Å². The molecule has 0 atom stereocenters. The third-order valence-corrected chi connectivity index (χ3v) is 3.60. The molecule has 0 amide bonds. The van der Waals surface area contributed by atoms with E-state index in [2.05, 4.69) is 16.0 Å². The second kappa shape index (κ2) is 5.92. The Balaban J connectivity index is 1.74. The lowest BCUT2D eigenvalue weighted by Gasteiger charge is -2.30. The van der Waals surface area contributed by atoms with Gasteiger partial charge in [0.2, 0.25) is 0 Å². The highest BCUT2D eigenvalue weighted by atomic mass is 16.1. The molecule has 1 saturated heterocycles. The third kappa shape index (κ3) is 3.63. The minimum Gasteiger partial charge on any atom is -0.303 e. The summed E-state index contributed by atoms with van der Waals surface area (Å²) in [5, 5.41) is 0. The lowest BCUT2D eigenvalue weighted by atomic mass is 9.93. The molecule has 1 aliphatic heterocycles. The summed E-state index contributed by atoms with van der Waals surface area (Å²) in [6.45, 7) is 4.92. The Bertz CT molecular complexity index is 356. The normalized spacial score (nSPS) is 18.2. The first-order valence-corrected chi connectivity index (χ1v) is 6.37. The fourth-order valence-corrected chi connectivity index (χ4v) is 2.40. The number of piperidine rings is 1. The molecule has 1 aromatic rings. The Morgan fingerprint density at radius 2 is 2.24 bits per heavy atom. The molecule has 0 bridgehead atoms. The van der Waals surface area contributed by atoms with Crippen LogP contribution in [0.25, 0.3) is 0 Å². The highest BCUT2D eigenvalue weighted by Crippen LogP contribution is 2.18. The predicted molar refractivity (Wildman–Crippen MR) is 67.8 cm³/mol. The summed E-state index contributed by atoms with van der Waals surface area (Å²) in [7, 11) is 0. The Labute approximate surface area is 103 Å². The number of ketones is 1. The van der Waals surface area contributed by atoms with Crippen LogP contribution in [0.2, 0.25) is 0 Å². The number of nitrogens with zero attached hydrogens (tertiary/aromatic N) is 2. The number of pyridine rings is 1. The van der Waals surface area contributed by atoms with E-state index >= 15 is 0 Å². The van der Waals surface area contributed by atoms with E-state index in [0.717, 1.165) is 38.9 Å². The van der Waals surface area contributed by atoms with E-state index in [1.807, 2.05) is 18.5 Å². The number of Topliss-reactive ketones (excluding diaryl/α,β-unsaturated/α-hetero) is 1. The van der Waals surface area contributed by atoms with Crippen LogP contribution in [-0.4, -0.2) is 35.3 Å². The van der Waals surface area contributed by atoms with Gasteiger partial charge in [-0.15, -0.1) is 0 Å². The van der Waals surface area contributed by atoms with Crippen LogP contribution in [0.3, 0.4) is 0 Å². The molecule has 1 aliphatic rings. The van der Waals surface area contributed by atoms with Crippen molar-refractivity contribution in [3.63, 3.8) is 0 Å². The SMILES string of the molecule is CC(=O)C1CCN(CCc2cccnc2)CC1. The zero-order valence-corrected chi connectivity index (χ0v) is 10.4. The maximum absolute atomic E-state index is 11.3. The molecule has 3 heteroatoms. The van der Waals surface area contributed by atoms with Gasteiger partial charge in [-0.2, -0.15) is 0 Å². The summed E-state index contributed by atoms with van der Waals surface area (Å²) in [6.07, 6.45) is 6.85. The average Bonchev–Trinajstić information content (AvgIpc) is 2.38. The molecule has 2 heterocycles. The lowest BCUT2D eigenvalue weighted by Crippen LogP contribution is -2.36. The van der Waals surface area contributed by atoms with Gasteiger partial charge in [-0.25, -0.2) is 0 Å². The zero-order valence-electron chi connectivity index (χ0n) is 10.4. The smallest absolute Gasteiger partial charge is 0.133 e. The molecule has 92 valence electrons. The molecule has 0 aliphatic carbocycles. The van der Waals surface area contributed by atoms with Crippen LogP contribution < -0.4 is 0 Å². The Hall–Kier alpha value is -1.22. The highest BCUT2D eigenvalue weighted by molar-refractivity contribution is 5.78. The van der Waals surface area contributed by atoms with Crippen LogP contribution in [0.1, 0.15) is 25.3 Å². The largest absolute Gasteiger partial charge is 0.303 e. The minimum absolute atomic E-state index is 0.310. The summed E-state index contributed by atoms with van der Waals surface area (Å²) in [5.74, 6) is 0.668. The molecule has 3 nitrogen and oxygen atoms in total. The van der Waals surface area contributed by atoms with Crippen molar-refractivity contribution < 1.29 is 4.79 Å². The van der Waals surface area contributed by atoms with Gasteiger partial charge in [0, 0.05) is 24.9 Å². The van der Waals surface area contributed by atoms with Crippen LogP contribution in [0, 0.1) is 5.92 Å². The predicted octanol–water partition coefficient (Wildman–Crippen LogP) is 1.93. The first-order valence-electron chi connectivity index (χ1n) is 6.37. The van der Waals surface area contributed by atoms with Crippen molar-refractivity contribution in [1.82, 2.24) is 9.88 Å². The summed E-state index contributed by atoms with van der Waals surface area (Å²) >= 11 is 0. The highest BCUT2D eigenvalue weighted by Gasteiger charge is 2.21. The molecule has 0 spiro atoms. The quantitative estimate of drug-likeness (QED) is 0.795. The van der Waals surface area contributed by atoms with Crippen molar-refractivity contribution in [2.24, 2.45) is 5.92 Å². The van der Waals surface area contributed by atoms with E-state index in [-0.39, 0.29) is 0 Å². The molecule has 0 saturated carbocycles. The second-order valence-electron chi connectivity index (χ2n) is 4.84. The van der Waals surface area contributed by atoms with Crippen molar-refractivity contribution in [2.75, 3.05) is 19.6 Å². The maximum atomic E-state index is 11.3. The molecule has 1 fully saturated rings. The van der Waals surface area contributed by atoms with E-state index < -0.39 is 0 Å².